The summed E-state index contributed by atoms with van der Waals surface area (Å²) in [6.07, 6.45) is 0.881. The fourth-order valence-electron chi connectivity index (χ4n) is 3.59. The Bertz CT molecular complexity index is 1480. The summed E-state index contributed by atoms with van der Waals surface area (Å²) in [6, 6.07) is 19.2. The molecular formula is C27H24Br2N4O4. The van der Waals surface area contributed by atoms with Gasteiger partial charge in [0.25, 0.3) is 5.91 Å². The summed E-state index contributed by atoms with van der Waals surface area (Å²) in [5, 5.41) is 6.11. The van der Waals surface area contributed by atoms with Crippen LogP contribution < -0.4 is 20.8 Å². The van der Waals surface area contributed by atoms with E-state index in [1.54, 1.807) is 48.5 Å². The van der Waals surface area contributed by atoms with E-state index in [0.29, 0.717) is 34.6 Å². The second kappa shape index (κ2) is 11.6. The fraction of sp³-hybridized carbons (Fsp3) is 0.148. The maximum atomic E-state index is 13.2. The van der Waals surface area contributed by atoms with Gasteiger partial charge >= 0.3 is 11.8 Å². The van der Waals surface area contributed by atoms with Gasteiger partial charge in [0.1, 0.15) is 11.4 Å². The Balaban J connectivity index is 1.55. The first-order chi connectivity index (χ1) is 17.7. The number of hydrogen-bond donors (Lipinski definition) is 3. The number of carbonyl (C=O) groups is 3. The van der Waals surface area contributed by atoms with Crippen molar-refractivity contribution in [3.8, 4) is 5.75 Å². The first kappa shape index (κ1) is 26.4. The molecule has 37 heavy (non-hydrogen) atoms. The third kappa shape index (κ3) is 6.39. The minimum atomic E-state index is -0.930. The van der Waals surface area contributed by atoms with Crippen molar-refractivity contribution in [2.45, 2.75) is 20.3 Å². The number of halogens is 2. The van der Waals surface area contributed by atoms with Gasteiger partial charge in [0.05, 0.1) is 12.1 Å². The molecule has 1 heterocycles. The lowest BCUT2D eigenvalue weighted by molar-refractivity contribution is -0.133. The maximum absolute atomic E-state index is 13.2. The number of ether oxygens (including phenoxy) is 1. The highest BCUT2D eigenvalue weighted by Crippen LogP contribution is 2.25. The lowest BCUT2D eigenvalue weighted by atomic mass is 10.2. The van der Waals surface area contributed by atoms with Crippen LogP contribution >= 0.6 is 31.9 Å². The second-order valence-electron chi connectivity index (χ2n) is 8.25. The van der Waals surface area contributed by atoms with Gasteiger partial charge in [-0.25, -0.2) is 4.68 Å². The summed E-state index contributed by atoms with van der Waals surface area (Å²) in [5.74, 6) is -1.58. The van der Waals surface area contributed by atoms with Crippen LogP contribution in [0.3, 0.4) is 0 Å². The number of nitrogens with zero attached hydrogens (tertiary/aromatic N) is 1. The van der Waals surface area contributed by atoms with Crippen LogP contribution in [0.5, 0.6) is 5.75 Å². The predicted molar refractivity (Wildman–Crippen MR) is 152 cm³/mol. The van der Waals surface area contributed by atoms with Crippen LogP contribution in [0, 0.1) is 6.92 Å². The number of anilines is 2. The zero-order chi connectivity index (χ0) is 26.5. The zero-order valence-corrected chi connectivity index (χ0v) is 23.3. The first-order valence-corrected chi connectivity index (χ1v) is 13.1. The van der Waals surface area contributed by atoms with E-state index in [2.05, 4.69) is 47.9 Å². The number of aromatic nitrogens is 1. The van der Waals surface area contributed by atoms with E-state index in [9.17, 15) is 14.4 Å². The zero-order valence-electron chi connectivity index (χ0n) is 20.1. The molecule has 3 amide bonds. The normalized spacial score (nSPS) is 10.7. The molecule has 0 bridgehead atoms. The smallest absolute Gasteiger partial charge is 0.328 e. The molecule has 4 aromatic rings. The Morgan fingerprint density at radius 3 is 2.30 bits per heavy atom. The van der Waals surface area contributed by atoms with Crippen molar-refractivity contribution in [3.63, 3.8) is 0 Å². The average molecular weight is 628 g/mol. The third-order valence-electron chi connectivity index (χ3n) is 5.42. The van der Waals surface area contributed by atoms with Crippen molar-refractivity contribution in [2.75, 3.05) is 22.7 Å². The SMILES string of the molecule is CCCOc1ccc(NC(=O)C(=O)Nn2c(C(=O)Nc3ccc(Br)c(C)c3)cc3cc(Br)ccc32)cc1. The summed E-state index contributed by atoms with van der Waals surface area (Å²) in [6.45, 7) is 4.52. The van der Waals surface area contributed by atoms with Crippen LogP contribution in [-0.4, -0.2) is 29.0 Å². The molecule has 3 N–H and O–H groups in total. The van der Waals surface area contributed by atoms with Gasteiger partial charge in [0, 0.05) is 25.7 Å². The van der Waals surface area contributed by atoms with Crippen molar-refractivity contribution in [3.05, 3.63) is 86.9 Å². The molecule has 0 aliphatic carbocycles. The van der Waals surface area contributed by atoms with Gasteiger partial charge in [-0.05, 0) is 85.6 Å². The lowest BCUT2D eigenvalue weighted by Crippen LogP contribution is -2.36. The van der Waals surface area contributed by atoms with Crippen LogP contribution in [-0.2, 0) is 9.59 Å². The number of aryl methyl sites for hydroxylation is 1. The quantitative estimate of drug-likeness (QED) is 0.212. The molecular weight excluding hydrogens is 604 g/mol. The van der Waals surface area contributed by atoms with Crippen molar-refractivity contribution in [1.29, 1.82) is 0 Å². The number of rotatable bonds is 7. The number of fused-ring (bicyclic) bond motifs is 1. The third-order valence-corrected chi connectivity index (χ3v) is 6.80. The van der Waals surface area contributed by atoms with E-state index in [4.69, 9.17) is 4.74 Å². The van der Waals surface area contributed by atoms with Gasteiger partial charge in [-0.1, -0.05) is 38.8 Å². The summed E-state index contributed by atoms with van der Waals surface area (Å²) in [4.78, 5) is 38.7. The predicted octanol–water partition coefficient (Wildman–Crippen LogP) is 6.22. The largest absolute Gasteiger partial charge is 0.494 e. The molecule has 4 rings (SSSR count). The summed E-state index contributed by atoms with van der Waals surface area (Å²) < 4.78 is 8.58. The summed E-state index contributed by atoms with van der Waals surface area (Å²) >= 11 is 6.87. The molecule has 8 nitrogen and oxygen atoms in total. The number of hydrogen-bond acceptors (Lipinski definition) is 4. The summed E-state index contributed by atoms with van der Waals surface area (Å²) in [5.41, 5.74) is 5.26. The number of amides is 3. The van der Waals surface area contributed by atoms with Crippen molar-refractivity contribution < 1.29 is 19.1 Å². The van der Waals surface area contributed by atoms with Gasteiger partial charge in [-0.3, -0.25) is 19.8 Å². The molecule has 0 aliphatic rings. The monoisotopic (exact) mass is 626 g/mol. The minimum Gasteiger partial charge on any atom is -0.494 e. The molecule has 0 saturated heterocycles. The maximum Gasteiger partial charge on any atom is 0.328 e. The number of carbonyl (C=O) groups excluding carboxylic acids is 3. The van der Waals surface area contributed by atoms with E-state index in [-0.39, 0.29) is 5.69 Å². The highest BCUT2D eigenvalue weighted by molar-refractivity contribution is 9.10. The van der Waals surface area contributed by atoms with E-state index in [0.717, 1.165) is 20.9 Å². The van der Waals surface area contributed by atoms with E-state index in [1.165, 1.54) is 4.68 Å². The van der Waals surface area contributed by atoms with Crippen LogP contribution in [0.4, 0.5) is 11.4 Å². The molecule has 1 aromatic heterocycles. The van der Waals surface area contributed by atoms with Crippen LogP contribution in [0.1, 0.15) is 29.4 Å². The molecule has 0 radical (unpaired) electrons. The second-order valence-corrected chi connectivity index (χ2v) is 10.0. The topological polar surface area (TPSA) is 101 Å². The Hall–Kier alpha value is -3.63. The highest BCUT2D eigenvalue weighted by atomic mass is 79.9. The Morgan fingerprint density at radius 1 is 0.865 bits per heavy atom. The van der Waals surface area contributed by atoms with E-state index >= 15 is 0 Å². The molecule has 0 fully saturated rings. The fourth-order valence-corrected chi connectivity index (χ4v) is 4.21. The molecule has 0 unspecified atom stereocenters. The highest BCUT2D eigenvalue weighted by Gasteiger charge is 2.21. The Kier molecular flexibility index (Phi) is 8.30. The summed E-state index contributed by atoms with van der Waals surface area (Å²) in [7, 11) is 0. The lowest BCUT2D eigenvalue weighted by Gasteiger charge is -2.13. The van der Waals surface area contributed by atoms with Gasteiger partial charge in [0.15, 0.2) is 0 Å². The van der Waals surface area contributed by atoms with Gasteiger partial charge in [0.2, 0.25) is 0 Å². The molecule has 0 aliphatic heterocycles. The van der Waals surface area contributed by atoms with Crippen LogP contribution in [0.25, 0.3) is 10.9 Å². The standard InChI is InChI=1S/C27H24Br2N4O4/c1-3-12-37-21-8-5-19(6-9-21)30-26(35)27(36)32-33-23-11-4-18(28)14-17(23)15-24(33)25(34)31-20-7-10-22(29)16(2)13-20/h4-11,13-15H,3,12H2,1-2H3,(H,30,35)(H,31,34)(H,32,36). The molecule has 3 aromatic carbocycles. The Labute approximate surface area is 230 Å². The Morgan fingerprint density at radius 2 is 1.59 bits per heavy atom. The minimum absolute atomic E-state index is 0.159. The average Bonchev–Trinajstić information content (AvgIpc) is 3.23. The molecule has 0 saturated carbocycles. The number of nitrogens with one attached hydrogen (secondary N) is 3. The first-order valence-electron chi connectivity index (χ1n) is 11.5. The molecule has 190 valence electrons. The molecule has 0 atom stereocenters. The van der Waals surface area contributed by atoms with Gasteiger partial charge < -0.3 is 15.4 Å². The van der Waals surface area contributed by atoms with Crippen molar-refractivity contribution >= 4 is 71.9 Å². The van der Waals surface area contributed by atoms with Crippen molar-refractivity contribution in [2.24, 2.45) is 0 Å². The molecule has 10 heteroatoms. The van der Waals surface area contributed by atoms with E-state index < -0.39 is 17.7 Å². The van der Waals surface area contributed by atoms with Crippen LogP contribution in [0.2, 0.25) is 0 Å². The van der Waals surface area contributed by atoms with Gasteiger partial charge in [-0.15, -0.1) is 0 Å². The number of benzene rings is 3. The van der Waals surface area contributed by atoms with Gasteiger partial charge in [-0.2, -0.15) is 0 Å². The molecule has 0 spiro atoms. The van der Waals surface area contributed by atoms with Crippen LogP contribution in [0.15, 0.2) is 75.7 Å². The van der Waals surface area contributed by atoms with Crippen molar-refractivity contribution in [1.82, 2.24) is 4.68 Å². The van der Waals surface area contributed by atoms with E-state index in [1.807, 2.05) is 32.0 Å².